The first kappa shape index (κ1) is 19.2. The number of nitrogens with one attached hydrogen (secondary N) is 1. The molecule has 0 atom stereocenters. The highest BCUT2D eigenvalue weighted by molar-refractivity contribution is 6.31. The first-order valence-corrected chi connectivity index (χ1v) is 9.20. The predicted octanol–water partition coefficient (Wildman–Crippen LogP) is 2.69. The largest absolute Gasteiger partial charge is 0.378 e. The summed E-state index contributed by atoms with van der Waals surface area (Å²) in [4.78, 5) is 23.4. The summed E-state index contributed by atoms with van der Waals surface area (Å²) in [5.74, 6) is 0.399. The van der Waals surface area contributed by atoms with Crippen molar-refractivity contribution >= 4 is 29.1 Å². The van der Waals surface area contributed by atoms with Crippen LogP contribution in [0.1, 0.15) is 36.9 Å². The molecular formula is C17H22ClN7O2. The van der Waals surface area contributed by atoms with Crippen LogP contribution in [0.4, 0.5) is 17.5 Å². The summed E-state index contributed by atoms with van der Waals surface area (Å²) in [6.07, 6.45) is 7.41. The fourth-order valence-electron chi connectivity index (χ4n) is 3.32. The number of nitrogens with two attached hydrogens (primary N) is 2. The van der Waals surface area contributed by atoms with Crippen molar-refractivity contribution in [1.29, 1.82) is 0 Å². The number of aromatic nitrogens is 3. The Kier molecular flexibility index (Phi) is 6.02. The van der Waals surface area contributed by atoms with Gasteiger partial charge in [-0.2, -0.15) is 4.98 Å². The fraction of sp³-hybridized carbons (Fsp3) is 0.471. The summed E-state index contributed by atoms with van der Waals surface area (Å²) >= 11 is 6.12. The van der Waals surface area contributed by atoms with E-state index in [1.807, 2.05) is 0 Å². The molecule has 1 aliphatic carbocycles. The minimum absolute atomic E-state index is 0.141. The lowest BCUT2D eigenvalue weighted by Gasteiger charge is -2.25. The molecule has 1 saturated carbocycles. The van der Waals surface area contributed by atoms with E-state index in [0.29, 0.717) is 29.6 Å². The number of nitro groups is 1. The van der Waals surface area contributed by atoms with Gasteiger partial charge < -0.3 is 16.8 Å². The van der Waals surface area contributed by atoms with E-state index < -0.39 is 4.92 Å². The monoisotopic (exact) mass is 391 g/mol. The van der Waals surface area contributed by atoms with Gasteiger partial charge in [0.15, 0.2) is 0 Å². The van der Waals surface area contributed by atoms with Crippen LogP contribution in [0.15, 0.2) is 18.5 Å². The molecule has 144 valence electrons. The van der Waals surface area contributed by atoms with E-state index in [2.05, 4.69) is 20.3 Å². The van der Waals surface area contributed by atoms with E-state index in [4.69, 9.17) is 23.1 Å². The average molecular weight is 392 g/mol. The Morgan fingerprint density at radius 3 is 2.70 bits per heavy atom. The Labute approximate surface area is 161 Å². The zero-order chi connectivity index (χ0) is 19.4. The summed E-state index contributed by atoms with van der Waals surface area (Å²) in [6, 6.07) is 1.90. The molecule has 9 nitrogen and oxygen atoms in total. The minimum atomic E-state index is -0.513. The van der Waals surface area contributed by atoms with Crippen LogP contribution in [0.25, 0.3) is 0 Å². The van der Waals surface area contributed by atoms with Gasteiger partial charge in [0.25, 0.3) is 0 Å². The van der Waals surface area contributed by atoms with Crippen LogP contribution in [0, 0.1) is 16.0 Å². The maximum Gasteiger partial charge on any atom is 0.332 e. The van der Waals surface area contributed by atoms with Gasteiger partial charge in [-0.15, -0.1) is 0 Å². The lowest BCUT2D eigenvalue weighted by atomic mass is 9.83. The zero-order valence-electron chi connectivity index (χ0n) is 14.8. The van der Waals surface area contributed by atoms with Crippen molar-refractivity contribution in [2.24, 2.45) is 11.7 Å². The van der Waals surface area contributed by atoms with Crippen LogP contribution in [0.2, 0.25) is 5.02 Å². The van der Waals surface area contributed by atoms with Crippen LogP contribution < -0.4 is 16.8 Å². The van der Waals surface area contributed by atoms with E-state index in [-0.39, 0.29) is 23.5 Å². The second kappa shape index (κ2) is 8.45. The number of nitrogen functional groups attached to an aromatic ring is 1. The summed E-state index contributed by atoms with van der Waals surface area (Å²) in [7, 11) is 0. The molecule has 0 bridgehead atoms. The van der Waals surface area contributed by atoms with Crippen molar-refractivity contribution in [2.45, 2.75) is 44.7 Å². The van der Waals surface area contributed by atoms with Gasteiger partial charge in [0.2, 0.25) is 11.8 Å². The second-order valence-corrected chi connectivity index (χ2v) is 7.20. The molecule has 0 radical (unpaired) electrons. The van der Waals surface area contributed by atoms with Crippen LogP contribution in [0.5, 0.6) is 0 Å². The number of nitrogens with zero attached hydrogens (tertiary/aromatic N) is 4. The maximum atomic E-state index is 11.5. The minimum Gasteiger partial charge on any atom is -0.378 e. The molecule has 0 spiro atoms. The molecule has 5 N–H and O–H groups in total. The average Bonchev–Trinajstić information content (AvgIpc) is 2.62. The number of halogens is 1. The number of hydrogen-bond acceptors (Lipinski definition) is 8. The van der Waals surface area contributed by atoms with Crippen molar-refractivity contribution in [3.8, 4) is 0 Å². The topological polar surface area (TPSA) is 146 Å². The molecule has 0 aliphatic heterocycles. The van der Waals surface area contributed by atoms with Gasteiger partial charge in [-0.3, -0.25) is 15.1 Å². The standard InChI is InChI=1S/C17H22ClN7O2/c18-13-5-6-21-8-11(13)9-22-17-23-14(15(25(26)27)16(20)24-17)7-10-1-3-12(19)4-2-10/h5-6,8,10,12H,1-4,7,9,19H2,(H3,20,22,23,24)/t10-,12-. The quantitative estimate of drug-likeness (QED) is 0.503. The molecule has 1 aliphatic rings. The first-order valence-electron chi connectivity index (χ1n) is 8.82. The lowest BCUT2D eigenvalue weighted by molar-refractivity contribution is -0.385. The molecule has 0 amide bonds. The Morgan fingerprint density at radius 2 is 2.04 bits per heavy atom. The fourth-order valence-corrected chi connectivity index (χ4v) is 3.49. The van der Waals surface area contributed by atoms with Crippen molar-refractivity contribution in [3.05, 3.63) is 44.9 Å². The third-order valence-electron chi connectivity index (χ3n) is 4.82. The van der Waals surface area contributed by atoms with Gasteiger partial charge in [0, 0.05) is 35.6 Å². The predicted molar refractivity (Wildman–Crippen MR) is 103 cm³/mol. The molecule has 2 aromatic rings. The molecule has 27 heavy (non-hydrogen) atoms. The Morgan fingerprint density at radius 1 is 1.30 bits per heavy atom. The molecule has 3 rings (SSSR count). The van der Waals surface area contributed by atoms with Gasteiger partial charge in [0.05, 0.1) is 4.92 Å². The van der Waals surface area contributed by atoms with E-state index in [1.165, 1.54) is 0 Å². The summed E-state index contributed by atoms with van der Waals surface area (Å²) < 4.78 is 0. The number of pyridine rings is 1. The van der Waals surface area contributed by atoms with Gasteiger partial charge in [-0.1, -0.05) is 11.6 Å². The zero-order valence-corrected chi connectivity index (χ0v) is 15.5. The van der Waals surface area contributed by atoms with Crippen molar-refractivity contribution < 1.29 is 4.92 Å². The SMILES string of the molecule is Nc1nc(NCc2cnccc2Cl)nc(C[C@H]2CC[C@H](N)CC2)c1[N+](=O)[O-]. The molecule has 2 aromatic heterocycles. The molecule has 1 fully saturated rings. The van der Waals surface area contributed by atoms with E-state index in [1.54, 1.807) is 18.5 Å². The smallest absolute Gasteiger partial charge is 0.332 e. The van der Waals surface area contributed by atoms with Crippen LogP contribution in [0.3, 0.4) is 0 Å². The van der Waals surface area contributed by atoms with Gasteiger partial charge in [0.1, 0.15) is 5.69 Å². The van der Waals surface area contributed by atoms with Gasteiger partial charge >= 0.3 is 5.69 Å². The lowest BCUT2D eigenvalue weighted by Crippen LogP contribution is -2.27. The second-order valence-electron chi connectivity index (χ2n) is 6.79. The highest BCUT2D eigenvalue weighted by Crippen LogP contribution is 2.32. The highest BCUT2D eigenvalue weighted by atomic mass is 35.5. The first-order chi connectivity index (χ1) is 12.9. The number of rotatable bonds is 6. The van der Waals surface area contributed by atoms with E-state index >= 15 is 0 Å². The third kappa shape index (κ3) is 4.81. The number of hydrogen-bond donors (Lipinski definition) is 3. The van der Waals surface area contributed by atoms with Gasteiger partial charge in [-0.05, 0) is 44.1 Å². The summed E-state index contributed by atoms with van der Waals surface area (Å²) in [5.41, 5.74) is 12.7. The molecular weight excluding hydrogens is 370 g/mol. The molecule has 2 heterocycles. The molecule has 0 unspecified atom stereocenters. The molecule has 10 heteroatoms. The van der Waals surface area contributed by atoms with Crippen LogP contribution in [-0.2, 0) is 13.0 Å². The van der Waals surface area contributed by atoms with Crippen molar-refractivity contribution in [2.75, 3.05) is 11.1 Å². The Bertz CT molecular complexity index is 825. The summed E-state index contributed by atoms with van der Waals surface area (Å²) in [6.45, 7) is 0.335. The van der Waals surface area contributed by atoms with Crippen LogP contribution >= 0.6 is 11.6 Å². The Balaban J connectivity index is 1.80. The van der Waals surface area contributed by atoms with E-state index in [0.717, 1.165) is 31.2 Å². The van der Waals surface area contributed by atoms with Gasteiger partial charge in [-0.25, -0.2) is 4.98 Å². The van der Waals surface area contributed by atoms with Crippen molar-refractivity contribution in [3.63, 3.8) is 0 Å². The Hall–Kier alpha value is -2.52. The molecule has 0 aromatic carbocycles. The van der Waals surface area contributed by atoms with Crippen molar-refractivity contribution in [1.82, 2.24) is 15.0 Å². The van der Waals surface area contributed by atoms with E-state index in [9.17, 15) is 10.1 Å². The van der Waals surface area contributed by atoms with Crippen LogP contribution in [-0.4, -0.2) is 25.9 Å². The summed E-state index contributed by atoms with van der Waals surface area (Å²) in [5, 5.41) is 15.0. The third-order valence-corrected chi connectivity index (χ3v) is 5.19. The highest BCUT2D eigenvalue weighted by Gasteiger charge is 2.27. The normalized spacial score (nSPS) is 19.6. The molecule has 0 saturated heterocycles. The number of anilines is 2. The maximum absolute atomic E-state index is 11.5.